The summed E-state index contributed by atoms with van der Waals surface area (Å²) < 4.78 is 0. The van der Waals surface area contributed by atoms with Gasteiger partial charge >= 0.3 is 0 Å². The molecule has 138 valence electrons. The molecule has 1 atom stereocenters. The second-order valence-corrected chi connectivity index (χ2v) is 7.61. The Morgan fingerprint density at radius 1 is 1.40 bits per heavy atom. The number of amides is 2. The van der Waals surface area contributed by atoms with E-state index in [1.54, 1.807) is 9.80 Å². The Bertz CT molecular complexity index is 635. The van der Waals surface area contributed by atoms with Gasteiger partial charge in [-0.05, 0) is 19.3 Å². The summed E-state index contributed by atoms with van der Waals surface area (Å²) in [6.45, 7) is 4.17. The molecule has 8 nitrogen and oxygen atoms in total. The van der Waals surface area contributed by atoms with Crippen LogP contribution in [0.3, 0.4) is 0 Å². The highest BCUT2D eigenvalue weighted by atomic mass is 32.2. The summed E-state index contributed by atoms with van der Waals surface area (Å²) in [5.74, 6) is 1.21. The molecule has 0 aromatic carbocycles. The molecule has 2 aliphatic heterocycles. The molecule has 2 amide bonds. The van der Waals surface area contributed by atoms with Crippen LogP contribution in [-0.4, -0.2) is 80.4 Å². The first-order valence-electron chi connectivity index (χ1n) is 8.80. The van der Waals surface area contributed by atoms with Crippen molar-refractivity contribution in [1.82, 2.24) is 25.0 Å². The van der Waals surface area contributed by atoms with Crippen LogP contribution in [0.4, 0.5) is 0 Å². The number of thioether (sulfide) groups is 1. The van der Waals surface area contributed by atoms with E-state index in [4.69, 9.17) is 5.11 Å². The van der Waals surface area contributed by atoms with Crippen LogP contribution in [0.5, 0.6) is 0 Å². The largest absolute Gasteiger partial charge is 0.395 e. The fraction of sp³-hybridized carbons (Fsp3) is 0.750. The summed E-state index contributed by atoms with van der Waals surface area (Å²) in [5, 5.41) is 16.6. The van der Waals surface area contributed by atoms with Crippen LogP contribution in [0.2, 0.25) is 0 Å². The van der Waals surface area contributed by atoms with Crippen molar-refractivity contribution in [3.63, 3.8) is 0 Å². The summed E-state index contributed by atoms with van der Waals surface area (Å²) in [6, 6.07) is 0. The normalized spacial score (nSPS) is 23.7. The Labute approximate surface area is 151 Å². The second-order valence-electron chi connectivity index (χ2n) is 6.67. The van der Waals surface area contributed by atoms with Gasteiger partial charge in [-0.15, -0.1) is 5.10 Å². The van der Waals surface area contributed by atoms with Crippen LogP contribution in [0, 0.1) is 5.41 Å². The number of aliphatic hydroxyl groups is 1. The van der Waals surface area contributed by atoms with Gasteiger partial charge in [0.2, 0.25) is 17.0 Å². The lowest BCUT2D eigenvalue weighted by atomic mass is 9.78. The van der Waals surface area contributed by atoms with Crippen molar-refractivity contribution in [2.75, 3.05) is 38.5 Å². The van der Waals surface area contributed by atoms with Gasteiger partial charge in [-0.25, -0.2) is 4.98 Å². The molecule has 2 aliphatic rings. The molecule has 2 N–H and O–H groups in total. The maximum atomic E-state index is 12.8. The molecule has 2 fully saturated rings. The number of nitrogens with zero attached hydrogens (tertiary/aromatic N) is 4. The fourth-order valence-electron chi connectivity index (χ4n) is 3.67. The minimum absolute atomic E-state index is 0.0164. The van der Waals surface area contributed by atoms with Gasteiger partial charge in [0.25, 0.3) is 0 Å². The zero-order valence-electron chi connectivity index (χ0n) is 14.5. The van der Waals surface area contributed by atoms with Crippen molar-refractivity contribution in [3.05, 3.63) is 5.82 Å². The number of likely N-dealkylation sites (tertiary alicyclic amines) is 2. The Morgan fingerprint density at radius 3 is 2.96 bits per heavy atom. The van der Waals surface area contributed by atoms with E-state index in [1.165, 1.54) is 11.8 Å². The Hall–Kier alpha value is -1.61. The number of aliphatic hydroxyl groups excluding tert-OH is 1. The maximum absolute atomic E-state index is 12.8. The number of β-amino-alcohol motifs (C(OH)–C–C–N with tert-alkyl or cyclic N) is 1. The third-order valence-corrected chi connectivity index (χ3v) is 5.90. The van der Waals surface area contributed by atoms with Crippen molar-refractivity contribution in [3.8, 4) is 0 Å². The van der Waals surface area contributed by atoms with Crippen molar-refractivity contribution in [1.29, 1.82) is 0 Å². The van der Waals surface area contributed by atoms with E-state index in [2.05, 4.69) is 15.2 Å². The summed E-state index contributed by atoms with van der Waals surface area (Å²) in [7, 11) is 0. The molecular formula is C16H25N5O3S. The maximum Gasteiger partial charge on any atom is 0.233 e. The second kappa shape index (κ2) is 7.74. The molecular weight excluding hydrogens is 342 g/mol. The predicted octanol–water partition coefficient (Wildman–Crippen LogP) is 0.293. The van der Waals surface area contributed by atoms with E-state index in [1.807, 2.05) is 6.92 Å². The fourth-order valence-corrected chi connectivity index (χ4v) is 4.39. The van der Waals surface area contributed by atoms with E-state index < -0.39 is 5.41 Å². The van der Waals surface area contributed by atoms with Gasteiger partial charge in [-0.1, -0.05) is 18.7 Å². The van der Waals surface area contributed by atoms with E-state index in [0.29, 0.717) is 37.8 Å². The smallest absolute Gasteiger partial charge is 0.233 e. The quantitative estimate of drug-likeness (QED) is 0.701. The molecule has 0 aliphatic carbocycles. The summed E-state index contributed by atoms with van der Waals surface area (Å²) in [6.07, 6.45) is 3.25. The van der Waals surface area contributed by atoms with E-state index in [-0.39, 0.29) is 24.2 Å². The van der Waals surface area contributed by atoms with Gasteiger partial charge in [0.15, 0.2) is 0 Å². The number of carbonyl (C=O) groups is 2. The van der Waals surface area contributed by atoms with Crippen LogP contribution in [0.15, 0.2) is 5.16 Å². The molecule has 0 saturated carbocycles. The molecule has 0 radical (unpaired) electrons. The number of piperidine rings is 1. The number of H-pyrrole nitrogens is 1. The molecule has 2 saturated heterocycles. The van der Waals surface area contributed by atoms with Gasteiger partial charge in [0.05, 0.1) is 17.8 Å². The lowest BCUT2D eigenvalue weighted by Crippen LogP contribution is -2.51. The van der Waals surface area contributed by atoms with Crippen molar-refractivity contribution >= 4 is 23.6 Å². The molecule has 3 heterocycles. The molecule has 25 heavy (non-hydrogen) atoms. The number of aromatic amines is 1. The monoisotopic (exact) mass is 367 g/mol. The topological polar surface area (TPSA) is 102 Å². The molecule has 1 spiro atoms. The van der Waals surface area contributed by atoms with Gasteiger partial charge in [0.1, 0.15) is 5.82 Å². The summed E-state index contributed by atoms with van der Waals surface area (Å²) in [5.41, 5.74) is -0.451. The van der Waals surface area contributed by atoms with Crippen molar-refractivity contribution in [2.45, 2.75) is 37.8 Å². The summed E-state index contributed by atoms with van der Waals surface area (Å²) >= 11 is 1.32. The highest BCUT2D eigenvalue weighted by molar-refractivity contribution is 7.99. The minimum Gasteiger partial charge on any atom is -0.395 e. The predicted molar refractivity (Wildman–Crippen MR) is 93.0 cm³/mol. The third-order valence-electron chi connectivity index (χ3n) is 5.07. The van der Waals surface area contributed by atoms with Crippen LogP contribution in [0.25, 0.3) is 0 Å². The number of aryl methyl sites for hydroxylation is 1. The molecule has 0 unspecified atom stereocenters. The third kappa shape index (κ3) is 3.82. The molecule has 1 aromatic heterocycles. The van der Waals surface area contributed by atoms with Crippen molar-refractivity contribution < 1.29 is 14.7 Å². The first-order valence-corrected chi connectivity index (χ1v) is 9.78. The lowest BCUT2D eigenvalue weighted by molar-refractivity contribution is -0.146. The SMILES string of the molecule is CCc1nc(SCC(=O)N2CC[C@]3(CCCN(CCO)C3=O)C2)n[nH]1. The lowest BCUT2D eigenvalue weighted by Gasteiger charge is -2.39. The van der Waals surface area contributed by atoms with Gasteiger partial charge in [0, 0.05) is 32.6 Å². The Morgan fingerprint density at radius 2 is 2.24 bits per heavy atom. The number of nitrogens with one attached hydrogen (secondary N) is 1. The first-order chi connectivity index (χ1) is 12.1. The van der Waals surface area contributed by atoms with Gasteiger partial charge in [-0.2, -0.15) is 0 Å². The first kappa shape index (κ1) is 18.2. The number of hydrogen-bond acceptors (Lipinski definition) is 6. The number of hydrogen-bond donors (Lipinski definition) is 2. The van der Waals surface area contributed by atoms with Crippen LogP contribution in [0.1, 0.15) is 32.0 Å². The highest BCUT2D eigenvalue weighted by Gasteiger charge is 2.49. The van der Waals surface area contributed by atoms with Crippen LogP contribution < -0.4 is 0 Å². The van der Waals surface area contributed by atoms with E-state index in [0.717, 1.165) is 25.1 Å². The molecule has 9 heteroatoms. The summed E-state index contributed by atoms with van der Waals surface area (Å²) in [4.78, 5) is 33.1. The van der Waals surface area contributed by atoms with E-state index >= 15 is 0 Å². The van der Waals surface area contributed by atoms with Gasteiger partial charge < -0.3 is 14.9 Å². The molecule has 3 rings (SSSR count). The standard InChI is InChI=1S/C16H25N5O3S/c1-2-12-17-15(19-18-12)25-10-13(23)21-7-5-16(11-21)4-3-6-20(8-9-22)14(16)24/h22H,2-11H2,1H3,(H,17,18,19)/t16-/m1/s1. The number of aromatic nitrogens is 3. The van der Waals surface area contributed by atoms with Crippen LogP contribution >= 0.6 is 11.8 Å². The average molecular weight is 367 g/mol. The molecule has 1 aromatic rings. The highest BCUT2D eigenvalue weighted by Crippen LogP contribution is 2.40. The van der Waals surface area contributed by atoms with E-state index in [9.17, 15) is 9.59 Å². The average Bonchev–Trinajstić information content (AvgIpc) is 3.25. The number of rotatable bonds is 6. The van der Waals surface area contributed by atoms with Gasteiger partial charge in [-0.3, -0.25) is 14.7 Å². The minimum atomic E-state index is -0.451. The zero-order chi connectivity index (χ0) is 17.9. The Kier molecular flexibility index (Phi) is 5.63. The Balaban J connectivity index is 1.56. The zero-order valence-corrected chi connectivity index (χ0v) is 15.3. The number of carbonyl (C=O) groups excluding carboxylic acids is 2. The van der Waals surface area contributed by atoms with Crippen LogP contribution in [-0.2, 0) is 16.0 Å². The van der Waals surface area contributed by atoms with Crippen molar-refractivity contribution in [2.24, 2.45) is 5.41 Å². The molecule has 0 bridgehead atoms.